The third kappa shape index (κ3) is 4.49. The van der Waals surface area contributed by atoms with Crippen LogP contribution in [0.25, 0.3) is 21.7 Å². The van der Waals surface area contributed by atoms with Gasteiger partial charge in [0.2, 0.25) is 0 Å². The standard InChI is InChI=1S/C27H19FN4O4/c28-21-10-4-6-12-23(21)30-25(33)16-36-24-14-13-17-7-1-2-8-18(17)20(24)15-29-32-26(34)19-9-3-5-11-22(19)31-27(32)35/h1-15H,16H2,(H,30,33)(H,31,35). The highest BCUT2D eigenvalue weighted by atomic mass is 19.1. The number of benzene rings is 4. The fraction of sp³-hybridized carbons (Fsp3) is 0.0370. The van der Waals surface area contributed by atoms with Crippen LogP contribution >= 0.6 is 0 Å². The Hall–Kier alpha value is -5.05. The first-order chi connectivity index (χ1) is 17.5. The molecule has 0 aliphatic carbocycles. The summed E-state index contributed by atoms with van der Waals surface area (Å²) in [5.41, 5.74) is -0.346. The van der Waals surface area contributed by atoms with Gasteiger partial charge in [-0.15, -0.1) is 4.68 Å². The number of carbonyl (C=O) groups is 1. The lowest BCUT2D eigenvalue weighted by Crippen LogP contribution is -2.32. The van der Waals surface area contributed by atoms with Crippen molar-refractivity contribution in [3.05, 3.63) is 117 Å². The van der Waals surface area contributed by atoms with Gasteiger partial charge in [0.05, 0.1) is 22.8 Å². The molecule has 1 amide bonds. The van der Waals surface area contributed by atoms with Gasteiger partial charge in [-0.3, -0.25) is 9.59 Å². The van der Waals surface area contributed by atoms with Crippen LogP contribution < -0.4 is 21.3 Å². The molecule has 1 aromatic heterocycles. The van der Waals surface area contributed by atoms with Crippen molar-refractivity contribution < 1.29 is 13.9 Å². The molecule has 0 aliphatic heterocycles. The number of nitrogens with zero attached hydrogens (tertiary/aromatic N) is 2. The van der Waals surface area contributed by atoms with E-state index in [-0.39, 0.29) is 5.69 Å². The summed E-state index contributed by atoms with van der Waals surface area (Å²) in [5, 5.41) is 8.52. The van der Waals surface area contributed by atoms with Crippen molar-refractivity contribution in [2.45, 2.75) is 0 Å². The molecule has 1 heterocycles. The number of nitrogens with one attached hydrogen (secondary N) is 2. The summed E-state index contributed by atoms with van der Waals surface area (Å²) in [6.45, 7) is -0.399. The maximum atomic E-state index is 13.8. The lowest BCUT2D eigenvalue weighted by molar-refractivity contribution is -0.118. The van der Waals surface area contributed by atoms with E-state index in [0.717, 1.165) is 15.4 Å². The van der Waals surface area contributed by atoms with Crippen LogP contribution in [0.1, 0.15) is 5.56 Å². The molecule has 0 bridgehead atoms. The summed E-state index contributed by atoms with van der Waals surface area (Å²) in [6.07, 6.45) is 1.35. The molecule has 2 N–H and O–H groups in total. The van der Waals surface area contributed by atoms with Gasteiger partial charge in [-0.25, -0.2) is 9.18 Å². The topological polar surface area (TPSA) is 106 Å². The van der Waals surface area contributed by atoms with Crippen LogP contribution in [0.3, 0.4) is 0 Å². The van der Waals surface area contributed by atoms with E-state index < -0.39 is 29.6 Å². The lowest BCUT2D eigenvalue weighted by Gasteiger charge is -2.12. The number of ether oxygens (including phenoxy) is 1. The number of anilines is 1. The predicted octanol–water partition coefficient (Wildman–Crippen LogP) is 3.88. The Morgan fingerprint density at radius 1 is 0.944 bits per heavy atom. The van der Waals surface area contributed by atoms with Crippen LogP contribution in [0.4, 0.5) is 10.1 Å². The number of fused-ring (bicyclic) bond motifs is 2. The SMILES string of the molecule is O=C(COc1ccc2ccccc2c1C=Nn1c(=O)[nH]c2ccccc2c1=O)Nc1ccccc1F. The van der Waals surface area contributed by atoms with Gasteiger partial charge in [0, 0.05) is 5.56 Å². The molecule has 0 unspecified atom stereocenters. The highest BCUT2D eigenvalue weighted by Gasteiger charge is 2.12. The van der Waals surface area contributed by atoms with Gasteiger partial charge < -0.3 is 15.0 Å². The Morgan fingerprint density at radius 3 is 2.50 bits per heavy atom. The van der Waals surface area contributed by atoms with Crippen molar-refractivity contribution in [1.29, 1.82) is 0 Å². The van der Waals surface area contributed by atoms with Gasteiger partial charge in [-0.05, 0) is 41.1 Å². The Balaban J connectivity index is 1.49. The summed E-state index contributed by atoms with van der Waals surface area (Å²) in [6, 6.07) is 23.3. The van der Waals surface area contributed by atoms with Crippen molar-refractivity contribution in [3.63, 3.8) is 0 Å². The van der Waals surface area contributed by atoms with Gasteiger partial charge in [0.15, 0.2) is 6.61 Å². The molecule has 0 saturated carbocycles. The third-order valence-corrected chi connectivity index (χ3v) is 5.52. The minimum atomic E-state index is -0.693. The van der Waals surface area contributed by atoms with Gasteiger partial charge in [-0.2, -0.15) is 5.10 Å². The minimum Gasteiger partial charge on any atom is -0.483 e. The average molecular weight is 482 g/mol. The van der Waals surface area contributed by atoms with E-state index in [4.69, 9.17) is 4.74 Å². The van der Waals surface area contributed by atoms with Gasteiger partial charge in [-0.1, -0.05) is 54.6 Å². The molecule has 8 nitrogen and oxygen atoms in total. The van der Waals surface area contributed by atoms with E-state index in [9.17, 15) is 18.8 Å². The fourth-order valence-corrected chi connectivity index (χ4v) is 3.80. The van der Waals surface area contributed by atoms with E-state index in [1.165, 1.54) is 24.4 Å². The molecule has 36 heavy (non-hydrogen) atoms. The van der Waals surface area contributed by atoms with Crippen molar-refractivity contribution in [3.8, 4) is 5.75 Å². The molecule has 5 aromatic rings. The number of aromatic nitrogens is 2. The van der Waals surface area contributed by atoms with Crippen molar-refractivity contribution in [2.24, 2.45) is 5.10 Å². The second-order valence-electron chi connectivity index (χ2n) is 7.85. The average Bonchev–Trinajstić information content (AvgIpc) is 2.89. The number of amides is 1. The molecule has 0 fully saturated rings. The number of H-pyrrole nitrogens is 1. The van der Waals surface area contributed by atoms with E-state index in [2.05, 4.69) is 15.4 Å². The molecular formula is C27H19FN4O4. The summed E-state index contributed by atoms with van der Waals surface area (Å²) in [5.74, 6) is -0.819. The molecule has 0 aliphatic rings. The number of hydrogen-bond acceptors (Lipinski definition) is 5. The second kappa shape index (κ2) is 9.67. The number of para-hydroxylation sites is 2. The number of halogens is 1. The third-order valence-electron chi connectivity index (χ3n) is 5.52. The molecule has 5 rings (SSSR count). The Kier molecular flexibility index (Phi) is 6.10. The molecule has 0 saturated heterocycles. The summed E-state index contributed by atoms with van der Waals surface area (Å²) >= 11 is 0. The Labute approximate surface area is 203 Å². The Morgan fingerprint density at radius 2 is 1.67 bits per heavy atom. The summed E-state index contributed by atoms with van der Waals surface area (Å²) in [4.78, 5) is 40.4. The Bertz CT molecular complexity index is 1760. The first-order valence-electron chi connectivity index (χ1n) is 11.0. The smallest absolute Gasteiger partial charge is 0.349 e. The molecule has 0 radical (unpaired) electrons. The van der Waals surface area contributed by atoms with Crippen LogP contribution in [-0.4, -0.2) is 28.4 Å². The zero-order valence-electron chi connectivity index (χ0n) is 18.8. The van der Waals surface area contributed by atoms with Gasteiger partial charge in [0.25, 0.3) is 11.5 Å². The molecular weight excluding hydrogens is 463 g/mol. The van der Waals surface area contributed by atoms with Gasteiger partial charge >= 0.3 is 5.69 Å². The zero-order chi connectivity index (χ0) is 25.1. The normalized spacial score (nSPS) is 11.2. The maximum absolute atomic E-state index is 13.8. The molecule has 0 spiro atoms. The highest BCUT2D eigenvalue weighted by Crippen LogP contribution is 2.27. The van der Waals surface area contributed by atoms with Crippen LogP contribution in [-0.2, 0) is 4.79 Å². The van der Waals surface area contributed by atoms with Crippen LogP contribution in [0.5, 0.6) is 5.75 Å². The van der Waals surface area contributed by atoms with E-state index in [1.54, 1.807) is 36.4 Å². The second-order valence-corrected chi connectivity index (χ2v) is 7.85. The van der Waals surface area contributed by atoms with E-state index in [0.29, 0.717) is 22.2 Å². The summed E-state index contributed by atoms with van der Waals surface area (Å²) in [7, 11) is 0. The number of hydrogen-bond donors (Lipinski definition) is 2. The molecule has 178 valence electrons. The zero-order valence-corrected chi connectivity index (χ0v) is 18.8. The largest absolute Gasteiger partial charge is 0.483 e. The number of carbonyl (C=O) groups excluding carboxylic acids is 1. The number of aromatic amines is 1. The number of rotatable bonds is 6. The van der Waals surface area contributed by atoms with E-state index in [1.807, 2.05) is 30.3 Å². The molecule has 0 atom stereocenters. The maximum Gasteiger partial charge on any atom is 0.349 e. The quantitative estimate of drug-likeness (QED) is 0.358. The molecule has 9 heteroatoms. The van der Waals surface area contributed by atoms with Crippen molar-refractivity contribution in [2.75, 3.05) is 11.9 Å². The minimum absolute atomic E-state index is 0.0429. The fourth-order valence-electron chi connectivity index (χ4n) is 3.80. The van der Waals surface area contributed by atoms with Crippen LogP contribution in [0.2, 0.25) is 0 Å². The van der Waals surface area contributed by atoms with Crippen LogP contribution in [0.15, 0.2) is 99.6 Å². The van der Waals surface area contributed by atoms with Crippen LogP contribution in [0, 0.1) is 5.82 Å². The van der Waals surface area contributed by atoms with Crippen molar-refractivity contribution >= 4 is 39.5 Å². The first-order valence-corrected chi connectivity index (χ1v) is 11.0. The monoisotopic (exact) mass is 482 g/mol. The van der Waals surface area contributed by atoms with Gasteiger partial charge in [0.1, 0.15) is 11.6 Å². The van der Waals surface area contributed by atoms with E-state index >= 15 is 0 Å². The highest BCUT2D eigenvalue weighted by molar-refractivity contribution is 6.02. The first kappa shape index (κ1) is 22.7. The van der Waals surface area contributed by atoms with Crippen molar-refractivity contribution in [1.82, 2.24) is 9.66 Å². The lowest BCUT2D eigenvalue weighted by atomic mass is 10.0. The molecule has 4 aromatic carbocycles. The predicted molar refractivity (Wildman–Crippen MR) is 136 cm³/mol. The summed E-state index contributed by atoms with van der Waals surface area (Å²) < 4.78 is 20.3.